The monoisotopic (exact) mass is 308 g/mol. The lowest BCUT2D eigenvalue weighted by Gasteiger charge is -2.11. The molecule has 3 nitrogen and oxygen atoms in total. The molecule has 0 spiro atoms. The SMILES string of the molecule is CN(C)c1ccc(/C=C2\N=C(c3ccccc3)SC2=O)cc1. The molecule has 0 fully saturated rings. The van der Waals surface area contributed by atoms with Crippen molar-refractivity contribution in [2.45, 2.75) is 0 Å². The van der Waals surface area contributed by atoms with Gasteiger partial charge in [0.25, 0.3) is 0 Å². The molecule has 0 aromatic heterocycles. The predicted octanol–water partition coefficient (Wildman–Crippen LogP) is 3.81. The van der Waals surface area contributed by atoms with Gasteiger partial charge in [-0.15, -0.1) is 0 Å². The molecular weight excluding hydrogens is 292 g/mol. The van der Waals surface area contributed by atoms with Crippen molar-refractivity contribution in [2.75, 3.05) is 19.0 Å². The van der Waals surface area contributed by atoms with E-state index in [2.05, 4.69) is 4.99 Å². The number of carbonyl (C=O) groups is 1. The van der Waals surface area contributed by atoms with Gasteiger partial charge in [-0.05, 0) is 35.5 Å². The Kier molecular flexibility index (Phi) is 4.11. The fraction of sp³-hybridized carbons (Fsp3) is 0.111. The average Bonchev–Trinajstić information content (AvgIpc) is 2.90. The van der Waals surface area contributed by atoms with Crippen LogP contribution in [0.3, 0.4) is 0 Å². The van der Waals surface area contributed by atoms with E-state index in [0.29, 0.717) is 5.70 Å². The molecule has 1 aliphatic heterocycles. The molecule has 0 radical (unpaired) electrons. The second kappa shape index (κ2) is 6.20. The van der Waals surface area contributed by atoms with E-state index in [-0.39, 0.29) is 5.12 Å². The minimum absolute atomic E-state index is 0.00413. The summed E-state index contributed by atoms with van der Waals surface area (Å²) >= 11 is 1.19. The molecule has 110 valence electrons. The molecule has 0 N–H and O–H groups in total. The van der Waals surface area contributed by atoms with Crippen LogP contribution in [0.5, 0.6) is 0 Å². The lowest BCUT2D eigenvalue weighted by Crippen LogP contribution is -2.07. The van der Waals surface area contributed by atoms with E-state index in [1.54, 1.807) is 0 Å². The van der Waals surface area contributed by atoms with Crippen molar-refractivity contribution < 1.29 is 4.79 Å². The summed E-state index contributed by atoms with van der Waals surface area (Å²) in [5.41, 5.74) is 3.59. The summed E-state index contributed by atoms with van der Waals surface area (Å²) in [6, 6.07) is 17.8. The number of benzene rings is 2. The van der Waals surface area contributed by atoms with E-state index in [0.717, 1.165) is 21.9 Å². The Labute approximate surface area is 134 Å². The fourth-order valence-corrected chi connectivity index (χ4v) is 2.92. The molecule has 2 aromatic rings. The molecule has 0 unspecified atom stereocenters. The molecule has 0 bridgehead atoms. The normalized spacial score (nSPS) is 16.0. The fourth-order valence-electron chi connectivity index (χ4n) is 2.14. The maximum absolute atomic E-state index is 12.1. The average molecular weight is 308 g/mol. The number of rotatable bonds is 3. The van der Waals surface area contributed by atoms with Crippen LogP contribution < -0.4 is 4.90 Å². The second-order valence-electron chi connectivity index (χ2n) is 5.19. The summed E-state index contributed by atoms with van der Waals surface area (Å²) in [4.78, 5) is 18.6. The Morgan fingerprint density at radius 2 is 1.68 bits per heavy atom. The highest BCUT2D eigenvalue weighted by Gasteiger charge is 2.22. The summed E-state index contributed by atoms with van der Waals surface area (Å²) in [6.07, 6.45) is 1.84. The molecular formula is C18H16N2OS. The second-order valence-corrected chi connectivity index (χ2v) is 6.15. The molecule has 0 saturated carbocycles. The molecule has 22 heavy (non-hydrogen) atoms. The first-order valence-corrected chi connectivity index (χ1v) is 7.80. The van der Waals surface area contributed by atoms with Gasteiger partial charge in [-0.1, -0.05) is 42.5 Å². The van der Waals surface area contributed by atoms with Crippen LogP contribution in [0.4, 0.5) is 5.69 Å². The zero-order chi connectivity index (χ0) is 15.5. The van der Waals surface area contributed by atoms with Crippen molar-refractivity contribution in [3.05, 3.63) is 71.4 Å². The van der Waals surface area contributed by atoms with Gasteiger partial charge in [-0.25, -0.2) is 4.99 Å². The van der Waals surface area contributed by atoms with Crippen molar-refractivity contribution in [3.8, 4) is 0 Å². The number of aliphatic imine (C=N–C) groups is 1. The van der Waals surface area contributed by atoms with Gasteiger partial charge in [-0.3, -0.25) is 4.79 Å². The molecule has 2 aromatic carbocycles. The Hall–Kier alpha value is -2.33. The van der Waals surface area contributed by atoms with Crippen LogP contribution in [0.15, 0.2) is 65.3 Å². The smallest absolute Gasteiger partial charge is 0.244 e. The van der Waals surface area contributed by atoms with Gasteiger partial charge in [-0.2, -0.15) is 0 Å². The Morgan fingerprint density at radius 1 is 1.00 bits per heavy atom. The van der Waals surface area contributed by atoms with E-state index in [1.807, 2.05) is 79.7 Å². The van der Waals surface area contributed by atoms with Crippen LogP contribution in [0.25, 0.3) is 6.08 Å². The van der Waals surface area contributed by atoms with Crippen LogP contribution in [0.2, 0.25) is 0 Å². The van der Waals surface area contributed by atoms with Crippen molar-refractivity contribution in [1.29, 1.82) is 0 Å². The summed E-state index contributed by atoms with van der Waals surface area (Å²) in [6.45, 7) is 0. The number of carbonyl (C=O) groups excluding carboxylic acids is 1. The largest absolute Gasteiger partial charge is 0.378 e. The number of anilines is 1. The predicted molar refractivity (Wildman–Crippen MR) is 94.3 cm³/mol. The lowest BCUT2D eigenvalue weighted by molar-refractivity contribution is -0.107. The summed E-state index contributed by atoms with van der Waals surface area (Å²) in [5.74, 6) is 0. The van der Waals surface area contributed by atoms with Crippen molar-refractivity contribution in [2.24, 2.45) is 4.99 Å². The van der Waals surface area contributed by atoms with Crippen molar-refractivity contribution in [1.82, 2.24) is 0 Å². The van der Waals surface area contributed by atoms with Gasteiger partial charge in [0.15, 0.2) is 0 Å². The van der Waals surface area contributed by atoms with E-state index in [4.69, 9.17) is 0 Å². The molecule has 1 aliphatic rings. The summed E-state index contributed by atoms with van der Waals surface area (Å²) in [7, 11) is 4.00. The van der Waals surface area contributed by atoms with Crippen molar-refractivity contribution in [3.63, 3.8) is 0 Å². The number of thioether (sulfide) groups is 1. The van der Waals surface area contributed by atoms with Crippen LogP contribution >= 0.6 is 11.8 Å². The van der Waals surface area contributed by atoms with Gasteiger partial charge >= 0.3 is 0 Å². The Morgan fingerprint density at radius 3 is 2.32 bits per heavy atom. The van der Waals surface area contributed by atoms with Gasteiger partial charge < -0.3 is 4.90 Å². The minimum Gasteiger partial charge on any atom is -0.378 e. The maximum Gasteiger partial charge on any atom is 0.244 e. The van der Waals surface area contributed by atoms with Crippen LogP contribution in [0.1, 0.15) is 11.1 Å². The molecule has 0 amide bonds. The Balaban J connectivity index is 1.87. The van der Waals surface area contributed by atoms with Gasteiger partial charge in [0.05, 0.1) is 0 Å². The maximum atomic E-state index is 12.1. The van der Waals surface area contributed by atoms with Gasteiger partial charge in [0, 0.05) is 25.3 Å². The van der Waals surface area contributed by atoms with Crippen LogP contribution in [-0.4, -0.2) is 24.3 Å². The molecule has 0 aliphatic carbocycles. The third-order valence-corrected chi connectivity index (χ3v) is 4.27. The third-order valence-electron chi connectivity index (χ3n) is 3.35. The van der Waals surface area contributed by atoms with E-state index in [1.165, 1.54) is 11.8 Å². The first kappa shape index (κ1) is 14.6. The van der Waals surface area contributed by atoms with E-state index in [9.17, 15) is 4.79 Å². The quantitative estimate of drug-likeness (QED) is 0.808. The molecule has 0 atom stereocenters. The summed E-state index contributed by atoms with van der Waals surface area (Å²) < 4.78 is 0. The minimum atomic E-state index is -0.00413. The molecule has 0 saturated heterocycles. The summed E-state index contributed by atoms with van der Waals surface area (Å²) in [5, 5.41) is 0.761. The van der Waals surface area contributed by atoms with Crippen LogP contribution in [0, 0.1) is 0 Å². The number of hydrogen-bond acceptors (Lipinski definition) is 4. The zero-order valence-electron chi connectivity index (χ0n) is 12.5. The first-order valence-electron chi connectivity index (χ1n) is 6.99. The van der Waals surface area contributed by atoms with Crippen molar-refractivity contribution >= 4 is 33.7 Å². The lowest BCUT2D eigenvalue weighted by atomic mass is 10.1. The molecule has 3 rings (SSSR count). The highest BCUT2D eigenvalue weighted by molar-refractivity contribution is 8.27. The molecule has 1 heterocycles. The van der Waals surface area contributed by atoms with E-state index >= 15 is 0 Å². The third kappa shape index (κ3) is 3.12. The first-order chi connectivity index (χ1) is 10.6. The van der Waals surface area contributed by atoms with Gasteiger partial charge in [0.2, 0.25) is 5.12 Å². The Bertz CT molecular complexity index is 746. The van der Waals surface area contributed by atoms with Crippen LogP contribution in [-0.2, 0) is 4.79 Å². The van der Waals surface area contributed by atoms with E-state index < -0.39 is 0 Å². The number of nitrogens with zero attached hydrogens (tertiary/aromatic N) is 2. The number of hydrogen-bond donors (Lipinski definition) is 0. The van der Waals surface area contributed by atoms with Gasteiger partial charge in [0.1, 0.15) is 10.7 Å². The highest BCUT2D eigenvalue weighted by Crippen LogP contribution is 2.29. The highest BCUT2D eigenvalue weighted by atomic mass is 32.2. The standard InChI is InChI=1S/C18H16N2OS/c1-20(2)15-10-8-13(9-11-15)12-16-18(21)22-17(19-16)14-6-4-3-5-7-14/h3-12H,1-2H3/b16-12-. The molecule has 4 heteroatoms. The topological polar surface area (TPSA) is 32.7 Å². The zero-order valence-corrected chi connectivity index (χ0v) is 13.3.